The molecule has 0 aromatic heterocycles. The number of halogens is 3. The van der Waals surface area contributed by atoms with Crippen molar-refractivity contribution in [2.45, 2.75) is 12.8 Å². The van der Waals surface area contributed by atoms with Gasteiger partial charge in [-0.3, -0.25) is 4.79 Å². The van der Waals surface area contributed by atoms with E-state index in [0.29, 0.717) is 12.1 Å². The van der Waals surface area contributed by atoms with Crippen LogP contribution in [0, 0.1) is 17.5 Å². The lowest BCUT2D eigenvalue weighted by Crippen LogP contribution is -2.14. The van der Waals surface area contributed by atoms with Crippen LogP contribution in [0.4, 0.5) is 18.9 Å². The highest BCUT2D eigenvalue weighted by molar-refractivity contribution is 5.90. The summed E-state index contributed by atoms with van der Waals surface area (Å²) < 4.78 is 38.6. The number of benzene rings is 1. The van der Waals surface area contributed by atoms with Gasteiger partial charge in [0, 0.05) is 25.2 Å². The Morgan fingerprint density at radius 2 is 1.81 bits per heavy atom. The summed E-state index contributed by atoms with van der Waals surface area (Å²) in [6, 6.07) is 0.954. The number of amides is 1. The summed E-state index contributed by atoms with van der Waals surface area (Å²) in [5, 5.41) is 10.4. The minimum absolute atomic E-state index is 0.0627. The van der Waals surface area contributed by atoms with E-state index in [1.807, 2.05) is 5.32 Å². The van der Waals surface area contributed by atoms with Crippen molar-refractivity contribution in [2.24, 2.45) is 0 Å². The molecule has 0 spiro atoms. The molecule has 16 heavy (non-hydrogen) atoms. The van der Waals surface area contributed by atoms with Crippen molar-refractivity contribution in [1.29, 1.82) is 0 Å². The second-order valence-corrected chi connectivity index (χ2v) is 3.12. The number of carbonyl (C=O) groups excluding carboxylic acids is 1. The molecule has 1 aromatic carbocycles. The first-order valence-corrected chi connectivity index (χ1v) is 4.60. The molecular weight excluding hydrogens is 223 g/mol. The predicted molar refractivity (Wildman–Crippen MR) is 51.3 cm³/mol. The Kier molecular flexibility index (Phi) is 4.30. The highest BCUT2D eigenvalue weighted by atomic mass is 19.1. The van der Waals surface area contributed by atoms with E-state index >= 15 is 0 Å². The smallest absolute Gasteiger partial charge is 0.224 e. The molecule has 0 atom stereocenters. The first kappa shape index (κ1) is 12.5. The molecule has 0 aliphatic heterocycles. The summed E-state index contributed by atoms with van der Waals surface area (Å²) in [6.45, 7) is -0.193. The molecule has 1 amide bonds. The maximum Gasteiger partial charge on any atom is 0.224 e. The highest BCUT2D eigenvalue weighted by Crippen LogP contribution is 2.20. The molecule has 0 radical (unpaired) electrons. The van der Waals surface area contributed by atoms with E-state index in [1.165, 1.54) is 0 Å². The first-order chi connectivity index (χ1) is 7.54. The van der Waals surface area contributed by atoms with E-state index in [-0.39, 0.29) is 19.4 Å². The zero-order chi connectivity index (χ0) is 12.1. The maximum atomic E-state index is 13.0. The largest absolute Gasteiger partial charge is 0.396 e. The van der Waals surface area contributed by atoms with E-state index in [2.05, 4.69) is 0 Å². The second kappa shape index (κ2) is 5.50. The van der Waals surface area contributed by atoms with Gasteiger partial charge in [0.15, 0.2) is 11.6 Å². The zero-order valence-electron chi connectivity index (χ0n) is 8.27. The number of hydrogen-bond donors (Lipinski definition) is 2. The van der Waals surface area contributed by atoms with Crippen LogP contribution in [0.25, 0.3) is 0 Å². The molecule has 2 N–H and O–H groups in total. The standard InChI is InChI=1S/C10H10F3NO2/c11-6-4-7(12)10(8(13)5-6)14-9(16)2-1-3-15/h4-5,15H,1-3H2,(H,14,16). The SMILES string of the molecule is O=C(CCCO)Nc1c(F)cc(F)cc1F. The van der Waals surface area contributed by atoms with Gasteiger partial charge < -0.3 is 10.4 Å². The van der Waals surface area contributed by atoms with Crippen LogP contribution in [-0.4, -0.2) is 17.6 Å². The topological polar surface area (TPSA) is 49.3 Å². The minimum atomic E-state index is -1.17. The first-order valence-electron chi connectivity index (χ1n) is 4.60. The summed E-state index contributed by atoms with van der Waals surface area (Å²) in [4.78, 5) is 11.1. The Morgan fingerprint density at radius 1 is 1.25 bits per heavy atom. The van der Waals surface area contributed by atoms with Crippen molar-refractivity contribution >= 4 is 11.6 Å². The van der Waals surface area contributed by atoms with E-state index in [1.54, 1.807) is 0 Å². The van der Waals surface area contributed by atoms with Crippen LogP contribution in [-0.2, 0) is 4.79 Å². The van der Waals surface area contributed by atoms with Gasteiger partial charge >= 0.3 is 0 Å². The third-order valence-corrected chi connectivity index (χ3v) is 1.83. The minimum Gasteiger partial charge on any atom is -0.396 e. The van der Waals surface area contributed by atoms with Gasteiger partial charge in [-0.15, -0.1) is 0 Å². The molecule has 88 valence electrons. The van der Waals surface area contributed by atoms with E-state index in [9.17, 15) is 18.0 Å². The number of anilines is 1. The van der Waals surface area contributed by atoms with Crippen molar-refractivity contribution in [2.75, 3.05) is 11.9 Å². The fourth-order valence-corrected chi connectivity index (χ4v) is 1.10. The van der Waals surface area contributed by atoms with Crippen molar-refractivity contribution in [3.05, 3.63) is 29.6 Å². The average molecular weight is 233 g/mol. The summed E-state index contributed by atoms with van der Waals surface area (Å²) in [5.74, 6) is -4.04. The normalized spacial score (nSPS) is 10.2. The summed E-state index contributed by atoms with van der Waals surface area (Å²) in [5.41, 5.74) is -0.677. The Balaban J connectivity index is 2.77. The fraction of sp³-hybridized carbons (Fsp3) is 0.300. The second-order valence-electron chi connectivity index (χ2n) is 3.12. The molecule has 0 aliphatic carbocycles. The lowest BCUT2D eigenvalue weighted by atomic mass is 10.2. The molecule has 3 nitrogen and oxygen atoms in total. The lowest BCUT2D eigenvalue weighted by molar-refractivity contribution is -0.116. The van der Waals surface area contributed by atoms with Gasteiger partial charge in [0.25, 0.3) is 0 Å². The third kappa shape index (κ3) is 3.23. The number of hydrogen-bond acceptors (Lipinski definition) is 2. The molecule has 0 fully saturated rings. The molecule has 1 aromatic rings. The maximum absolute atomic E-state index is 13.0. The molecule has 0 aliphatic rings. The number of carbonyl (C=O) groups is 1. The van der Waals surface area contributed by atoms with E-state index < -0.39 is 29.0 Å². The molecule has 6 heteroatoms. The van der Waals surface area contributed by atoms with Gasteiger partial charge in [-0.2, -0.15) is 0 Å². The molecule has 0 saturated heterocycles. The Labute approximate surface area is 89.9 Å². The zero-order valence-corrected chi connectivity index (χ0v) is 8.27. The average Bonchev–Trinajstić information content (AvgIpc) is 2.20. The van der Waals surface area contributed by atoms with Gasteiger partial charge in [0.1, 0.15) is 11.5 Å². The van der Waals surface area contributed by atoms with Gasteiger partial charge in [-0.25, -0.2) is 13.2 Å². The molecule has 0 saturated carbocycles. The van der Waals surface area contributed by atoms with Crippen molar-refractivity contribution in [1.82, 2.24) is 0 Å². The van der Waals surface area contributed by atoms with Crippen molar-refractivity contribution in [3.8, 4) is 0 Å². The van der Waals surface area contributed by atoms with Gasteiger partial charge in [0.05, 0.1) is 0 Å². The molecule has 1 rings (SSSR count). The number of rotatable bonds is 4. The molecule has 0 heterocycles. The lowest BCUT2D eigenvalue weighted by Gasteiger charge is -2.07. The van der Waals surface area contributed by atoms with Gasteiger partial charge in [-0.05, 0) is 6.42 Å². The van der Waals surface area contributed by atoms with E-state index in [0.717, 1.165) is 0 Å². The third-order valence-electron chi connectivity index (χ3n) is 1.83. The van der Waals surface area contributed by atoms with Crippen molar-refractivity contribution in [3.63, 3.8) is 0 Å². The Bertz CT molecular complexity index is 373. The van der Waals surface area contributed by atoms with Crippen LogP contribution in [0.15, 0.2) is 12.1 Å². The van der Waals surface area contributed by atoms with Crippen LogP contribution in [0.3, 0.4) is 0 Å². The van der Waals surface area contributed by atoms with Gasteiger partial charge in [0.2, 0.25) is 5.91 Å². The van der Waals surface area contributed by atoms with Crippen LogP contribution >= 0.6 is 0 Å². The summed E-state index contributed by atoms with van der Waals surface area (Å²) in [6.07, 6.45) is 0.128. The fourth-order valence-electron chi connectivity index (χ4n) is 1.10. The van der Waals surface area contributed by atoms with Crippen LogP contribution in [0.5, 0.6) is 0 Å². The number of aliphatic hydroxyl groups excluding tert-OH is 1. The molecular formula is C10H10F3NO2. The predicted octanol–water partition coefficient (Wildman–Crippen LogP) is 1.81. The number of aliphatic hydroxyl groups is 1. The van der Waals surface area contributed by atoms with Crippen LogP contribution in [0.1, 0.15) is 12.8 Å². The summed E-state index contributed by atoms with van der Waals surface area (Å²) >= 11 is 0. The molecule has 0 bridgehead atoms. The van der Waals surface area contributed by atoms with Crippen LogP contribution in [0.2, 0.25) is 0 Å². The quantitative estimate of drug-likeness (QED) is 0.833. The Hall–Kier alpha value is -1.56. The van der Waals surface area contributed by atoms with E-state index in [4.69, 9.17) is 5.11 Å². The highest BCUT2D eigenvalue weighted by Gasteiger charge is 2.13. The summed E-state index contributed by atoms with van der Waals surface area (Å²) in [7, 11) is 0. The van der Waals surface area contributed by atoms with Gasteiger partial charge in [-0.1, -0.05) is 0 Å². The number of nitrogens with one attached hydrogen (secondary N) is 1. The monoisotopic (exact) mass is 233 g/mol. The van der Waals surface area contributed by atoms with Crippen molar-refractivity contribution < 1.29 is 23.1 Å². The Morgan fingerprint density at radius 3 is 2.31 bits per heavy atom. The molecule has 0 unspecified atom stereocenters. The van der Waals surface area contributed by atoms with Crippen LogP contribution < -0.4 is 5.32 Å².